The first kappa shape index (κ1) is 14.4. The first-order valence-electron chi connectivity index (χ1n) is 5.37. The molecule has 8 nitrogen and oxygen atoms in total. The lowest BCUT2D eigenvalue weighted by Gasteiger charge is -2.05. The maximum absolute atomic E-state index is 11.6. The molecule has 0 fully saturated rings. The van der Waals surface area contributed by atoms with E-state index in [1.54, 1.807) is 13.0 Å². The van der Waals surface area contributed by atoms with E-state index in [-0.39, 0.29) is 5.56 Å². The van der Waals surface area contributed by atoms with Crippen molar-refractivity contribution in [3.63, 3.8) is 0 Å². The Balaban J connectivity index is 2.54. The Bertz CT molecular complexity index is 564. The third-order valence-corrected chi connectivity index (χ3v) is 2.15. The summed E-state index contributed by atoms with van der Waals surface area (Å²) in [6, 6.07) is 2.90. The lowest BCUT2D eigenvalue weighted by atomic mass is 10.2. The molecule has 19 heavy (non-hydrogen) atoms. The number of carbonyl (C=O) groups excluding carboxylic acids is 2. The van der Waals surface area contributed by atoms with Crippen molar-refractivity contribution in [2.45, 2.75) is 6.92 Å². The molecule has 8 heteroatoms. The van der Waals surface area contributed by atoms with Crippen molar-refractivity contribution in [3.05, 3.63) is 33.7 Å². The molecule has 102 valence electrons. The van der Waals surface area contributed by atoms with Crippen molar-refractivity contribution >= 4 is 17.8 Å². The summed E-state index contributed by atoms with van der Waals surface area (Å²) in [7, 11) is 0. The number of aromatic nitrogens is 1. The molecule has 0 unspecified atom stereocenters. The van der Waals surface area contributed by atoms with Crippen LogP contribution in [0.4, 0.5) is 0 Å². The fraction of sp³-hybridized carbons (Fsp3) is 0.273. The zero-order valence-corrected chi connectivity index (χ0v) is 10.1. The van der Waals surface area contributed by atoms with Gasteiger partial charge in [-0.2, -0.15) is 0 Å². The second-order valence-electron chi connectivity index (χ2n) is 3.74. The molecule has 2 amide bonds. The summed E-state index contributed by atoms with van der Waals surface area (Å²) in [6.07, 6.45) is 0. The van der Waals surface area contributed by atoms with Gasteiger partial charge in [0.15, 0.2) is 0 Å². The normalized spacial score (nSPS) is 9.74. The number of carboxylic acid groups (broad SMARTS) is 1. The van der Waals surface area contributed by atoms with Gasteiger partial charge in [0.25, 0.3) is 11.5 Å². The number of aliphatic carboxylic acids is 1. The molecule has 0 aromatic carbocycles. The van der Waals surface area contributed by atoms with Gasteiger partial charge >= 0.3 is 5.97 Å². The van der Waals surface area contributed by atoms with E-state index in [1.165, 1.54) is 6.07 Å². The van der Waals surface area contributed by atoms with E-state index < -0.39 is 36.4 Å². The molecule has 0 bridgehead atoms. The summed E-state index contributed by atoms with van der Waals surface area (Å²) in [5, 5.41) is 12.6. The van der Waals surface area contributed by atoms with Crippen molar-refractivity contribution in [1.29, 1.82) is 0 Å². The Labute approximate surface area is 107 Å². The Kier molecular flexibility index (Phi) is 4.81. The van der Waals surface area contributed by atoms with Gasteiger partial charge in [-0.25, -0.2) is 0 Å². The van der Waals surface area contributed by atoms with Crippen LogP contribution in [0.1, 0.15) is 16.1 Å². The average Bonchev–Trinajstić information content (AvgIpc) is 2.33. The van der Waals surface area contributed by atoms with Gasteiger partial charge in [0.1, 0.15) is 12.1 Å². The Morgan fingerprint density at radius 3 is 2.47 bits per heavy atom. The minimum atomic E-state index is -1.19. The maximum atomic E-state index is 11.6. The quantitative estimate of drug-likeness (QED) is 0.522. The second-order valence-corrected chi connectivity index (χ2v) is 3.74. The van der Waals surface area contributed by atoms with Crippen LogP contribution in [0.2, 0.25) is 0 Å². The molecule has 0 aliphatic carbocycles. The second kappa shape index (κ2) is 6.34. The molecule has 1 rings (SSSR count). The van der Waals surface area contributed by atoms with Crippen LogP contribution in [0, 0.1) is 6.92 Å². The standard InChI is InChI=1S/C11H13N3O5/c1-6-2-3-7(11(19)14-6)10(18)13-4-8(15)12-5-9(16)17/h2-3H,4-5H2,1H3,(H,12,15)(H,13,18)(H,14,19)(H,16,17). The Morgan fingerprint density at radius 1 is 1.21 bits per heavy atom. The van der Waals surface area contributed by atoms with Crippen molar-refractivity contribution < 1.29 is 19.5 Å². The van der Waals surface area contributed by atoms with Crippen molar-refractivity contribution in [2.24, 2.45) is 0 Å². The zero-order valence-electron chi connectivity index (χ0n) is 10.1. The summed E-state index contributed by atoms with van der Waals surface area (Å²) in [5.41, 5.74) is -0.0548. The number of H-pyrrole nitrogens is 1. The summed E-state index contributed by atoms with van der Waals surface area (Å²) in [5.74, 6) is -2.54. The molecule has 0 atom stereocenters. The molecule has 0 aliphatic heterocycles. The molecule has 1 aromatic rings. The average molecular weight is 267 g/mol. The minimum Gasteiger partial charge on any atom is -0.480 e. The van der Waals surface area contributed by atoms with Gasteiger partial charge < -0.3 is 20.7 Å². The molecule has 0 aliphatic rings. The van der Waals surface area contributed by atoms with Crippen molar-refractivity contribution in [3.8, 4) is 0 Å². The molecule has 1 heterocycles. The van der Waals surface area contributed by atoms with Crippen LogP contribution in [0.3, 0.4) is 0 Å². The maximum Gasteiger partial charge on any atom is 0.322 e. The number of rotatable bonds is 5. The third-order valence-electron chi connectivity index (χ3n) is 2.15. The molecule has 0 saturated carbocycles. The van der Waals surface area contributed by atoms with Gasteiger partial charge in [0.2, 0.25) is 5.91 Å². The minimum absolute atomic E-state index is 0.114. The number of pyridine rings is 1. The van der Waals surface area contributed by atoms with Crippen LogP contribution in [-0.2, 0) is 9.59 Å². The van der Waals surface area contributed by atoms with Crippen LogP contribution in [0.15, 0.2) is 16.9 Å². The lowest BCUT2D eigenvalue weighted by Crippen LogP contribution is -2.40. The van der Waals surface area contributed by atoms with Crippen LogP contribution < -0.4 is 16.2 Å². The van der Waals surface area contributed by atoms with Crippen LogP contribution in [-0.4, -0.2) is 41.0 Å². The molecule has 0 saturated heterocycles. The largest absolute Gasteiger partial charge is 0.480 e. The van der Waals surface area contributed by atoms with Crippen molar-refractivity contribution in [2.75, 3.05) is 13.1 Å². The first-order chi connectivity index (χ1) is 8.90. The smallest absolute Gasteiger partial charge is 0.322 e. The van der Waals surface area contributed by atoms with Gasteiger partial charge in [0.05, 0.1) is 6.54 Å². The molecular formula is C11H13N3O5. The fourth-order valence-electron chi connectivity index (χ4n) is 1.24. The van der Waals surface area contributed by atoms with E-state index >= 15 is 0 Å². The molecule has 1 aromatic heterocycles. The van der Waals surface area contributed by atoms with Crippen LogP contribution >= 0.6 is 0 Å². The van der Waals surface area contributed by atoms with E-state index in [0.717, 1.165) is 0 Å². The van der Waals surface area contributed by atoms with E-state index in [9.17, 15) is 19.2 Å². The topological polar surface area (TPSA) is 128 Å². The number of carbonyl (C=O) groups is 3. The summed E-state index contributed by atoms with van der Waals surface area (Å²) >= 11 is 0. The predicted octanol–water partition coefficient (Wildman–Crippen LogP) is -1.39. The van der Waals surface area contributed by atoms with Gasteiger partial charge in [-0.15, -0.1) is 0 Å². The van der Waals surface area contributed by atoms with Gasteiger partial charge in [-0.05, 0) is 19.1 Å². The van der Waals surface area contributed by atoms with E-state index in [2.05, 4.69) is 15.6 Å². The van der Waals surface area contributed by atoms with E-state index in [4.69, 9.17) is 5.11 Å². The highest BCUT2D eigenvalue weighted by Crippen LogP contribution is 1.93. The Hall–Kier alpha value is -2.64. The molecular weight excluding hydrogens is 254 g/mol. The highest BCUT2D eigenvalue weighted by molar-refractivity contribution is 5.96. The number of aryl methyl sites for hydroxylation is 1. The number of amides is 2. The summed E-state index contributed by atoms with van der Waals surface area (Å²) in [4.78, 5) is 46.8. The van der Waals surface area contributed by atoms with E-state index in [0.29, 0.717) is 5.69 Å². The third kappa shape index (κ3) is 4.62. The monoisotopic (exact) mass is 267 g/mol. The SMILES string of the molecule is Cc1ccc(C(=O)NCC(=O)NCC(=O)O)c(=O)[nH]1. The highest BCUT2D eigenvalue weighted by Gasteiger charge is 2.11. The van der Waals surface area contributed by atoms with Gasteiger partial charge in [-0.1, -0.05) is 0 Å². The number of nitrogens with one attached hydrogen (secondary N) is 3. The first-order valence-corrected chi connectivity index (χ1v) is 5.37. The molecule has 4 N–H and O–H groups in total. The van der Waals surface area contributed by atoms with E-state index in [1.807, 2.05) is 0 Å². The lowest BCUT2D eigenvalue weighted by molar-refractivity contribution is -0.137. The number of hydrogen-bond donors (Lipinski definition) is 4. The fourth-order valence-corrected chi connectivity index (χ4v) is 1.24. The number of hydrogen-bond acceptors (Lipinski definition) is 4. The van der Waals surface area contributed by atoms with Crippen molar-refractivity contribution in [1.82, 2.24) is 15.6 Å². The summed E-state index contributed by atoms with van der Waals surface area (Å²) < 4.78 is 0. The number of aromatic amines is 1. The van der Waals surface area contributed by atoms with Crippen LogP contribution in [0.5, 0.6) is 0 Å². The van der Waals surface area contributed by atoms with Gasteiger partial charge in [-0.3, -0.25) is 19.2 Å². The molecule has 0 radical (unpaired) electrons. The summed E-state index contributed by atoms with van der Waals surface area (Å²) in [6.45, 7) is 0.738. The molecule has 0 spiro atoms. The Morgan fingerprint density at radius 2 is 1.89 bits per heavy atom. The van der Waals surface area contributed by atoms with Crippen LogP contribution in [0.25, 0.3) is 0 Å². The zero-order chi connectivity index (χ0) is 14.4. The number of carboxylic acids is 1. The van der Waals surface area contributed by atoms with Gasteiger partial charge in [0, 0.05) is 5.69 Å². The predicted molar refractivity (Wildman–Crippen MR) is 64.8 cm³/mol. The highest BCUT2D eigenvalue weighted by atomic mass is 16.4.